The van der Waals surface area contributed by atoms with Gasteiger partial charge in [-0.1, -0.05) is 37.3 Å². The van der Waals surface area contributed by atoms with Crippen molar-refractivity contribution in [1.82, 2.24) is 15.3 Å². The van der Waals surface area contributed by atoms with E-state index in [1.165, 1.54) is 11.1 Å². The van der Waals surface area contributed by atoms with Crippen LogP contribution in [0.2, 0.25) is 0 Å². The number of aryl methyl sites for hydroxylation is 1. The molecule has 0 aliphatic rings. The molecule has 1 atom stereocenters. The van der Waals surface area contributed by atoms with E-state index in [0.29, 0.717) is 6.04 Å². The first kappa shape index (κ1) is 12.7. The third-order valence-electron chi connectivity index (χ3n) is 2.99. The van der Waals surface area contributed by atoms with E-state index in [2.05, 4.69) is 52.5 Å². The van der Waals surface area contributed by atoms with Gasteiger partial charge in [0.1, 0.15) is 6.33 Å². The number of nitrogens with one attached hydrogen (secondary N) is 1. The van der Waals surface area contributed by atoms with Crippen LogP contribution in [0.5, 0.6) is 0 Å². The molecule has 3 heteroatoms. The van der Waals surface area contributed by atoms with Gasteiger partial charge < -0.3 is 5.32 Å². The molecule has 0 saturated carbocycles. The SMILES string of the molecule is CCNC(CCc1cncnc1)c1ccccc1. The van der Waals surface area contributed by atoms with E-state index in [9.17, 15) is 0 Å². The minimum atomic E-state index is 0.399. The van der Waals surface area contributed by atoms with Crippen molar-refractivity contribution in [2.45, 2.75) is 25.8 Å². The molecular formula is C15H19N3. The van der Waals surface area contributed by atoms with Gasteiger partial charge in [-0.3, -0.25) is 0 Å². The Balaban J connectivity index is 1.99. The maximum atomic E-state index is 4.05. The smallest absolute Gasteiger partial charge is 0.115 e. The first-order chi connectivity index (χ1) is 8.90. The fourth-order valence-electron chi connectivity index (χ4n) is 2.09. The molecule has 1 aromatic heterocycles. The predicted molar refractivity (Wildman–Crippen MR) is 73.2 cm³/mol. The summed E-state index contributed by atoms with van der Waals surface area (Å²) in [4.78, 5) is 8.10. The molecule has 2 rings (SSSR count). The zero-order chi connectivity index (χ0) is 12.6. The molecule has 18 heavy (non-hydrogen) atoms. The fraction of sp³-hybridized carbons (Fsp3) is 0.333. The Morgan fingerprint density at radius 1 is 1.11 bits per heavy atom. The summed E-state index contributed by atoms with van der Waals surface area (Å²) in [7, 11) is 0. The normalized spacial score (nSPS) is 12.3. The highest BCUT2D eigenvalue weighted by Gasteiger charge is 2.09. The van der Waals surface area contributed by atoms with Crippen LogP contribution in [0.3, 0.4) is 0 Å². The van der Waals surface area contributed by atoms with Crippen LogP contribution in [0, 0.1) is 0 Å². The van der Waals surface area contributed by atoms with Crippen LogP contribution < -0.4 is 5.32 Å². The lowest BCUT2D eigenvalue weighted by Crippen LogP contribution is -2.21. The summed E-state index contributed by atoms with van der Waals surface area (Å²) in [6.45, 7) is 3.12. The molecule has 0 amide bonds. The fourth-order valence-corrected chi connectivity index (χ4v) is 2.09. The van der Waals surface area contributed by atoms with Crippen LogP contribution in [0.4, 0.5) is 0 Å². The topological polar surface area (TPSA) is 37.8 Å². The Bertz CT molecular complexity index is 442. The Labute approximate surface area is 108 Å². The molecular weight excluding hydrogens is 222 g/mol. The van der Waals surface area contributed by atoms with Crippen LogP contribution in [-0.2, 0) is 6.42 Å². The number of hydrogen-bond donors (Lipinski definition) is 1. The molecule has 0 bridgehead atoms. The first-order valence-electron chi connectivity index (χ1n) is 6.42. The highest BCUT2D eigenvalue weighted by Crippen LogP contribution is 2.18. The second-order valence-corrected chi connectivity index (χ2v) is 4.31. The summed E-state index contributed by atoms with van der Waals surface area (Å²) < 4.78 is 0. The molecule has 0 radical (unpaired) electrons. The minimum absolute atomic E-state index is 0.399. The number of benzene rings is 1. The van der Waals surface area contributed by atoms with E-state index in [0.717, 1.165) is 19.4 Å². The van der Waals surface area contributed by atoms with E-state index in [4.69, 9.17) is 0 Å². The molecule has 2 aromatic rings. The van der Waals surface area contributed by atoms with E-state index < -0.39 is 0 Å². The molecule has 1 unspecified atom stereocenters. The van der Waals surface area contributed by atoms with Gasteiger partial charge in [0, 0.05) is 18.4 Å². The molecule has 0 aliphatic heterocycles. The Hall–Kier alpha value is -1.74. The monoisotopic (exact) mass is 241 g/mol. The van der Waals surface area contributed by atoms with Gasteiger partial charge in [-0.25, -0.2) is 9.97 Å². The first-order valence-corrected chi connectivity index (χ1v) is 6.42. The highest BCUT2D eigenvalue weighted by atomic mass is 14.9. The summed E-state index contributed by atoms with van der Waals surface area (Å²) >= 11 is 0. The number of hydrogen-bond acceptors (Lipinski definition) is 3. The maximum Gasteiger partial charge on any atom is 0.115 e. The van der Waals surface area contributed by atoms with Gasteiger partial charge in [-0.2, -0.15) is 0 Å². The van der Waals surface area contributed by atoms with Crippen molar-refractivity contribution >= 4 is 0 Å². The minimum Gasteiger partial charge on any atom is -0.310 e. The lowest BCUT2D eigenvalue weighted by molar-refractivity contribution is 0.515. The molecule has 94 valence electrons. The van der Waals surface area contributed by atoms with Crippen LogP contribution in [0.15, 0.2) is 49.1 Å². The lowest BCUT2D eigenvalue weighted by atomic mass is 10.00. The number of rotatable bonds is 6. The van der Waals surface area contributed by atoms with Crippen molar-refractivity contribution in [2.24, 2.45) is 0 Å². The Morgan fingerprint density at radius 3 is 2.50 bits per heavy atom. The van der Waals surface area contributed by atoms with Gasteiger partial charge in [0.25, 0.3) is 0 Å². The van der Waals surface area contributed by atoms with Crippen molar-refractivity contribution in [2.75, 3.05) is 6.54 Å². The van der Waals surface area contributed by atoms with Gasteiger partial charge in [-0.15, -0.1) is 0 Å². The molecule has 0 spiro atoms. The second kappa shape index (κ2) is 6.87. The third kappa shape index (κ3) is 3.64. The average Bonchev–Trinajstić information content (AvgIpc) is 2.45. The van der Waals surface area contributed by atoms with E-state index in [1.54, 1.807) is 6.33 Å². The zero-order valence-electron chi connectivity index (χ0n) is 10.7. The van der Waals surface area contributed by atoms with Gasteiger partial charge in [-0.05, 0) is 30.5 Å². The Morgan fingerprint density at radius 2 is 1.83 bits per heavy atom. The molecule has 0 saturated heterocycles. The summed E-state index contributed by atoms with van der Waals surface area (Å²) in [6.07, 6.45) is 7.41. The van der Waals surface area contributed by atoms with Crippen molar-refractivity contribution in [3.63, 3.8) is 0 Å². The van der Waals surface area contributed by atoms with E-state index in [-0.39, 0.29) is 0 Å². The van der Waals surface area contributed by atoms with Gasteiger partial charge in [0.05, 0.1) is 0 Å². The van der Waals surface area contributed by atoms with E-state index >= 15 is 0 Å². The largest absolute Gasteiger partial charge is 0.310 e. The van der Waals surface area contributed by atoms with Crippen molar-refractivity contribution < 1.29 is 0 Å². The van der Waals surface area contributed by atoms with Crippen LogP contribution in [-0.4, -0.2) is 16.5 Å². The van der Waals surface area contributed by atoms with E-state index in [1.807, 2.05) is 12.4 Å². The lowest BCUT2D eigenvalue weighted by Gasteiger charge is -2.18. The highest BCUT2D eigenvalue weighted by molar-refractivity contribution is 5.19. The van der Waals surface area contributed by atoms with Crippen LogP contribution in [0.1, 0.15) is 30.5 Å². The number of aromatic nitrogens is 2. The van der Waals surface area contributed by atoms with Crippen molar-refractivity contribution in [3.05, 3.63) is 60.2 Å². The summed E-state index contributed by atoms with van der Waals surface area (Å²) in [5.41, 5.74) is 2.53. The van der Waals surface area contributed by atoms with Gasteiger partial charge in [0.15, 0.2) is 0 Å². The van der Waals surface area contributed by atoms with Crippen molar-refractivity contribution in [3.8, 4) is 0 Å². The van der Waals surface area contributed by atoms with Gasteiger partial charge in [0.2, 0.25) is 0 Å². The summed E-state index contributed by atoms with van der Waals surface area (Å²) in [6, 6.07) is 11.0. The molecule has 0 aliphatic carbocycles. The average molecular weight is 241 g/mol. The summed E-state index contributed by atoms with van der Waals surface area (Å²) in [5.74, 6) is 0. The molecule has 1 N–H and O–H groups in total. The number of nitrogens with zero attached hydrogens (tertiary/aromatic N) is 2. The third-order valence-corrected chi connectivity index (χ3v) is 2.99. The quantitative estimate of drug-likeness (QED) is 0.845. The van der Waals surface area contributed by atoms with Gasteiger partial charge >= 0.3 is 0 Å². The van der Waals surface area contributed by atoms with Crippen LogP contribution >= 0.6 is 0 Å². The van der Waals surface area contributed by atoms with Crippen molar-refractivity contribution in [1.29, 1.82) is 0 Å². The zero-order valence-corrected chi connectivity index (χ0v) is 10.7. The predicted octanol–water partition coefficient (Wildman–Crippen LogP) is 2.76. The Kier molecular flexibility index (Phi) is 4.85. The maximum absolute atomic E-state index is 4.05. The van der Waals surface area contributed by atoms with Crippen LogP contribution in [0.25, 0.3) is 0 Å². The standard InChI is InChI=1S/C15H19N3/c1-2-18-15(14-6-4-3-5-7-14)9-8-13-10-16-12-17-11-13/h3-7,10-12,15,18H,2,8-9H2,1H3. The second-order valence-electron chi connectivity index (χ2n) is 4.31. The molecule has 1 aromatic carbocycles. The molecule has 0 fully saturated rings. The summed E-state index contributed by atoms with van der Waals surface area (Å²) in [5, 5.41) is 3.53. The molecule has 1 heterocycles. The molecule has 3 nitrogen and oxygen atoms in total.